The molecule has 96 valence electrons. The first-order valence-electron chi connectivity index (χ1n) is 6.15. The Hall–Kier alpha value is -2.44. The highest BCUT2D eigenvalue weighted by Crippen LogP contribution is 2.30. The molecule has 3 nitrogen and oxygen atoms in total. The van der Waals surface area contributed by atoms with Gasteiger partial charge < -0.3 is 0 Å². The Bertz CT molecular complexity index is 836. The summed E-state index contributed by atoms with van der Waals surface area (Å²) in [6, 6.07) is 15.8. The van der Waals surface area contributed by atoms with Crippen LogP contribution in [0.15, 0.2) is 48.7 Å². The van der Waals surface area contributed by atoms with Crippen molar-refractivity contribution in [2.45, 2.75) is 0 Å². The summed E-state index contributed by atoms with van der Waals surface area (Å²) >= 11 is 6.27. The standard InChI is InChI=1S/C16H11ClN3/c1-20-8-7-14-13(15(20)10-18)9-12(16(17)19-14)11-5-3-2-4-6-11/h2-9H,1H3/q+1. The minimum absolute atomic E-state index is 0.446. The molecule has 2 heterocycles. The van der Waals surface area contributed by atoms with Crippen LogP contribution in [-0.4, -0.2) is 4.98 Å². The normalized spacial score (nSPS) is 10.4. The third kappa shape index (κ3) is 2.01. The number of hydrogen-bond donors (Lipinski definition) is 0. The van der Waals surface area contributed by atoms with Gasteiger partial charge in [-0.2, -0.15) is 9.83 Å². The maximum Gasteiger partial charge on any atom is 0.292 e. The highest BCUT2D eigenvalue weighted by atomic mass is 35.5. The van der Waals surface area contributed by atoms with Crippen LogP contribution in [0.3, 0.4) is 0 Å². The molecule has 20 heavy (non-hydrogen) atoms. The van der Waals surface area contributed by atoms with Gasteiger partial charge in [0.2, 0.25) is 0 Å². The van der Waals surface area contributed by atoms with Gasteiger partial charge in [-0.1, -0.05) is 41.9 Å². The van der Waals surface area contributed by atoms with E-state index in [0.717, 1.165) is 22.0 Å². The van der Waals surface area contributed by atoms with Crippen LogP contribution in [0.2, 0.25) is 5.15 Å². The molecule has 0 spiro atoms. The molecule has 0 bridgehead atoms. The summed E-state index contributed by atoms with van der Waals surface area (Å²) in [7, 11) is 1.84. The van der Waals surface area contributed by atoms with Crippen LogP contribution < -0.4 is 4.57 Å². The molecule has 0 aliphatic heterocycles. The molecule has 0 aliphatic rings. The second kappa shape index (κ2) is 4.92. The van der Waals surface area contributed by atoms with Crippen LogP contribution in [-0.2, 0) is 7.05 Å². The summed E-state index contributed by atoms with van der Waals surface area (Å²) in [6.07, 6.45) is 1.81. The summed E-state index contributed by atoms with van der Waals surface area (Å²) < 4.78 is 1.78. The minimum Gasteiger partial charge on any atom is -0.235 e. The van der Waals surface area contributed by atoms with E-state index in [1.54, 1.807) is 4.57 Å². The Morgan fingerprint density at radius 1 is 1.20 bits per heavy atom. The topological polar surface area (TPSA) is 40.6 Å². The first-order valence-corrected chi connectivity index (χ1v) is 6.53. The van der Waals surface area contributed by atoms with Gasteiger partial charge in [-0.15, -0.1) is 0 Å². The van der Waals surface area contributed by atoms with Gasteiger partial charge in [-0.25, -0.2) is 4.98 Å². The molecule has 2 aromatic heterocycles. The van der Waals surface area contributed by atoms with Gasteiger partial charge in [0.15, 0.2) is 12.3 Å². The van der Waals surface area contributed by atoms with Gasteiger partial charge in [0.05, 0.1) is 10.9 Å². The fourth-order valence-electron chi connectivity index (χ4n) is 2.23. The third-order valence-corrected chi connectivity index (χ3v) is 3.55. The van der Waals surface area contributed by atoms with Crippen molar-refractivity contribution in [1.82, 2.24) is 4.98 Å². The average Bonchev–Trinajstić information content (AvgIpc) is 2.48. The summed E-state index contributed by atoms with van der Waals surface area (Å²) in [5, 5.41) is 10.6. The number of benzene rings is 1. The number of hydrogen-bond acceptors (Lipinski definition) is 2. The quantitative estimate of drug-likeness (QED) is 0.507. The highest BCUT2D eigenvalue weighted by molar-refractivity contribution is 6.32. The van der Waals surface area contributed by atoms with Crippen molar-refractivity contribution in [1.29, 1.82) is 5.26 Å². The van der Waals surface area contributed by atoms with Crippen molar-refractivity contribution in [2.75, 3.05) is 0 Å². The monoisotopic (exact) mass is 280 g/mol. The van der Waals surface area contributed by atoms with Gasteiger partial charge in [0.1, 0.15) is 12.2 Å². The van der Waals surface area contributed by atoms with Crippen LogP contribution in [0, 0.1) is 11.3 Å². The van der Waals surface area contributed by atoms with E-state index in [2.05, 4.69) is 11.1 Å². The predicted molar refractivity (Wildman–Crippen MR) is 78.1 cm³/mol. The molecular formula is C16H11ClN3+. The number of rotatable bonds is 1. The maximum absolute atomic E-state index is 9.32. The van der Waals surface area contributed by atoms with Crippen molar-refractivity contribution in [3.05, 3.63) is 59.5 Å². The van der Waals surface area contributed by atoms with Crippen molar-refractivity contribution in [3.8, 4) is 17.2 Å². The number of fused-ring (bicyclic) bond motifs is 1. The zero-order valence-corrected chi connectivity index (χ0v) is 11.6. The van der Waals surface area contributed by atoms with Gasteiger partial charge in [0, 0.05) is 11.6 Å². The Morgan fingerprint density at radius 2 is 1.95 bits per heavy atom. The van der Waals surface area contributed by atoms with E-state index in [0.29, 0.717) is 10.8 Å². The average molecular weight is 281 g/mol. The van der Waals surface area contributed by atoms with E-state index in [9.17, 15) is 5.26 Å². The highest BCUT2D eigenvalue weighted by Gasteiger charge is 2.15. The van der Waals surface area contributed by atoms with Crippen molar-refractivity contribution < 1.29 is 4.57 Å². The second-order valence-electron chi connectivity index (χ2n) is 4.51. The van der Waals surface area contributed by atoms with E-state index < -0.39 is 0 Å². The van der Waals surface area contributed by atoms with Gasteiger partial charge in [-0.3, -0.25) is 0 Å². The van der Waals surface area contributed by atoms with E-state index >= 15 is 0 Å². The zero-order chi connectivity index (χ0) is 14.1. The lowest BCUT2D eigenvalue weighted by Gasteiger charge is -2.06. The number of aromatic nitrogens is 2. The third-order valence-electron chi connectivity index (χ3n) is 3.26. The first-order chi connectivity index (χ1) is 9.70. The lowest BCUT2D eigenvalue weighted by molar-refractivity contribution is -0.672. The summed E-state index contributed by atoms with van der Waals surface area (Å²) in [6.45, 7) is 0. The van der Waals surface area contributed by atoms with Crippen molar-refractivity contribution >= 4 is 22.5 Å². The number of nitriles is 1. The molecule has 3 aromatic rings. The Morgan fingerprint density at radius 3 is 2.65 bits per heavy atom. The SMILES string of the molecule is C[n+]1ccc2nc(Cl)c(-c3ccccc3)cc2c1C#N. The largest absolute Gasteiger partial charge is 0.292 e. The van der Waals surface area contributed by atoms with E-state index in [-0.39, 0.29) is 0 Å². The number of nitrogens with zero attached hydrogens (tertiary/aromatic N) is 3. The summed E-state index contributed by atoms with van der Waals surface area (Å²) in [5.74, 6) is 0. The molecule has 0 saturated heterocycles. The Balaban J connectivity index is 2.36. The van der Waals surface area contributed by atoms with Crippen LogP contribution >= 0.6 is 11.6 Å². The molecule has 0 atom stereocenters. The number of pyridine rings is 2. The summed E-state index contributed by atoms with van der Waals surface area (Å²) in [5.41, 5.74) is 3.12. The molecular weight excluding hydrogens is 270 g/mol. The van der Waals surface area contributed by atoms with Crippen LogP contribution in [0.1, 0.15) is 5.69 Å². The molecule has 0 N–H and O–H groups in total. The van der Waals surface area contributed by atoms with Crippen LogP contribution in [0.5, 0.6) is 0 Å². The Kier molecular flexibility index (Phi) is 3.09. The molecule has 4 heteroatoms. The van der Waals surface area contributed by atoms with Crippen molar-refractivity contribution in [2.24, 2.45) is 7.05 Å². The smallest absolute Gasteiger partial charge is 0.235 e. The van der Waals surface area contributed by atoms with Crippen LogP contribution in [0.25, 0.3) is 22.0 Å². The maximum atomic E-state index is 9.32. The molecule has 0 amide bonds. The first kappa shape index (κ1) is 12.6. The lowest BCUT2D eigenvalue weighted by atomic mass is 10.0. The molecule has 0 aliphatic carbocycles. The van der Waals surface area contributed by atoms with Gasteiger partial charge >= 0.3 is 0 Å². The molecule has 0 fully saturated rings. The van der Waals surface area contributed by atoms with Crippen molar-refractivity contribution in [3.63, 3.8) is 0 Å². The fourth-order valence-corrected chi connectivity index (χ4v) is 2.48. The fraction of sp³-hybridized carbons (Fsp3) is 0.0625. The van der Waals surface area contributed by atoms with Gasteiger partial charge in [-0.05, 0) is 11.6 Å². The number of aryl methyl sites for hydroxylation is 1. The van der Waals surface area contributed by atoms with E-state index in [1.807, 2.05) is 55.7 Å². The molecule has 0 radical (unpaired) electrons. The van der Waals surface area contributed by atoms with E-state index in [4.69, 9.17) is 11.6 Å². The molecule has 1 aromatic carbocycles. The van der Waals surface area contributed by atoms with Crippen LogP contribution in [0.4, 0.5) is 0 Å². The zero-order valence-electron chi connectivity index (χ0n) is 10.8. The second-order valence-corrected chi connectivity index (χ2v) is 4.87. The predicted octanol–water partition coefficient (Wildman–Crippen LogP) is 3.25. The number of halogens is 1. The van der Waals surface area contributed by atoms with Gasteiger partial charge in [0.25, 0.3) is 5.69 Å². The summed E-state index contributed by atoms with van der Waals surface area (Å²) in [4.78, 5) is 4.40. The minimum atomic E-state index is 0.446. The Labute approximate surface area is 121 Å². The van der Waals surface area contributed by atoms with E-state index in [1.165, 1.54) is 0 Å². The molecule has 0 unspecified atom stereocenters. The lowest BCUT2D eigenvalue weighted by Crippen LogP contribution is -2.31. The molecule has 0 saturated carbocycles. The molecule has 3 rings (SSSR count).